The van der Waals surface area contributed by atoms with Crippen molar-refractivity contribution in [2.75, 3.05) is 33.3 Å². The summed E-state index contributed by atoms with van der Waals surface area (Å²) in [5, 5.41) is 23.2. The Kier molecular flexibility index (Phi) is 10.5. The van der Waals surface area contributed by atoms with Crippen molar-refractivity contribution in [3.63, 3.8) is 0 Å². The third kappa shape index (κ3) is 7.10. The van der Waals surface area contributed by atoms with E-state index in [9.17, 15) is 24.3 Å². The molecule has 0 aromatic carbocycles. The summed E-state index contributed by atoms with van der Waals surface area (Å²) in [6.07, 6.45) is 2.33. The largest absolute Gasteiger partial charge is 0.394 e. The molecule has 4 amide bonds. The Morgan fingerprint density at radius 3 is 2.53 bits per heavy atom. The molecule has 1 aliphatic rings. The summed E-state index contributed by atoms with van der Waals surface area (Å²) in [4.78, 5) is 51.1. The van der Waals surface area contributed by atoms with Crippen molar-refractivity contribution in [3.05, 3.63) is 11.6 Å². The van der Waals surface area contributed by atoms with Crippen LogP contribution in [0.3, 0.4) is 0 Å². The number of amides is 4. The molecule has 4 N–H and O–H groups in total. The second-order valence-corrected chi connectivity index (χ2v) is 7.83. The number of nitrogens with zero attached hydrogens (tertiary/aromatic N) is 2. The maximum atomic E-state index is 13.0. The number of hydrogen-bond acceptors (Lipinski definition) is 6. The van der Waals surface area contributed by atoms with Crippen LogP contribution in [0.25, 0.3) is 0 Å². The minimum Gasteiger partial charge on any atom is -0.394 e. The van der Waals surface area contributed by atoms with Crippen LogP contribution < -0.4 is 10.6 Å². The van der Waals surface area contributed by atoms with E-state index in [-0.39, 0.29) is 42.8 Å². The van der Waals surface area contributed by atoms with E-state index in [2.05, 4.69) is 10.6 Å². The Hall–Kier alpha value is -2.46. The molecule has 30 heavy (non-hydrogen) atoms. The minimum atomic E-state index is -1.05. The number of aliphatic hydroxyl groups excluding tert-OH is 2. The van der Waals surface area contributed by atoms with Crippen LogP contribution in [0.5, 0.6) is 0 Å². The van der Waals surface area contributed by atoms with Crippen molar-refractivity contribution in [2.24, 2.45) is 5.92 Å². The predicted octanol–water partition coefficient (Wildman–Crippen LogP) is -1.38. The van der Waals surface area contributed by atoms with Crippen molar-refractivity contribution in [1.82, 2.24) is 20.4 Å². The molecule has 0 spiro atoms. The van der Waals surface area contributed by atoms with Gasteiger partial charge >= 0.3 is 0 Å². The van der Waals surface area contributed by atoms with E-state index >= 15 is 0 Å². The van der Waals surface area contributed by atoms with E-state index in [1.54, 1.807) is 20.0 Å². The predicted molar refractivity (Wildman–Crippen MR) is 110 cm³/mol. The molecule has 0 aliphatic carbocycles. The van der Waals surface area contributed by atoms with Crippen LogP contribution in [0, 0.1) is 5.92 Å². The highest BCUT2D eigenvalue weighted by atomic mass is 16.3. The van der Waals surface area contributed by atoms with Crippen molar-refractivity contribution < 1.29 is 29.4 Å². The fraction of sp³-hybridized carbons (Fsp3) is 0.700. The molecule has 1 rings (SSSR count). The smallest absolute Gasteiger partial charge is 0.249 e. The van der Waals surface area contributed by atoms with Gasteiger partial charge in [0.15, 0.2) is 0 Å². The van der Waals surface area contributed by atoms with E-state index < -0.39 is 18.8 Å². The number of likely N-dealkylation sites (tertiary alicyclic amines) is 1. The van der Waals surface area contributed by atoms with Gasteiger partial charge in [-0.25, -0.2) is 0 Å². The zero-order valence-electron chi connectivity index (χ0n) is 18.1. The van der Waals surface area contributed by atoms with E-state index in [0.717, 1.165) is 0 Å². The lowest BCUT2D eigenvalue weighted by Crippen LogP contribution is -2.48. The maximum Gasteiger partial charge on any atom is 0.249 e. The van der Waals surface area contributed by atoms with Gasteiger partial charge in [0.05, 0.1) is 25.3 Å². The van der Waals surface area contributed by atoms with Crippen LogP contribution in [-0.2, 0) is 19.2 Å². The number of aliphatic hydroxyl groups is 2. The number of rotatable bonds is 11. The molecule has 0 radical (unpaired) electrons. The molecule has 0 aromatic rings. The maximum absolute atomic E-state index is 13.0. The summed E-state index contributed by atoms with van der Waals surface area (Å²) >= 11 is 0. The topological polar surface area (TPSA) is 139 Å². The van der Waals surface area contributed by atoms with Gasteiger partial charge in [0.25, 0.3) is 0 Å². The quantitative estimate of drug-likeness (QED) is 0.237. The Morgan fingerprint density at radius 2 is 1.97 bits per heavy atom. The fourth-order valence-electron chi connectivity index (χ4n) is 3.41. The van der Waals surface area contributed by atoms with Crippen molar-refractivity contribution in [1.29, 1.82) is 0 Å². The number of carbonyl (C=O) groups excluding carboxylic acids is 4. The second-order valence-electron chi connectivity index (χ2n) is 7.83. The first-order valence-corrected chi connectivity index (χ1v) is 10.1. The first-order chi connectivity index (χ1) is 14.1. The third-order valence-electron chi connectivity index (χ3n) is 5.16. The molecule has 10 heteroatoms. The van der Waals surface area contributed by atoms with Crippen LogP contribution in [-0.4, -0.2) is 95.6 Å². The van der Waals surface area contributed by atoms with E-state index in [0.29, 0.717) is 31.4 Å². The zero-order valence-corrected chi connectivity index (χ0v) is 18.1. The van der Waals surface area contributed by atoms with Gasteiger partial charge < -0.3 is 30.6 Å². The molecule has 1 saturated heterocycles. The van der Waals surface area contributed by atoms with Gasteiger partial charge in [-0.05, 0) is 25.7 Å². The van der Waals surface area contributed by atoms with Crippen LogP contribution >= 0.6 is 0 Å². The van der Waals surface area contributed by atoms with Gasteiger partial charge in [0.2, 0.25) is 24.1 Å². The van der Waals surface area contributed by atoms with Crippen molar-refractivity contribution in [3.8, 4) is 0 Å². The second kappa shape index (κ2) is 12.3. The molecular formula is C20H34N4O6. The summed E-state index contributed by atoms with van der Waals surface area (Å²) in [5.41, 5.74) is 0.423. The van der Waals surface area contributed by atoms with Gasteiger partial charge in [-0.2, -0.15) is 0 Å². The zero-order chi connectivity index (χ0) is 22.8. The van der Waals surface area contributed by atoms with Gasteiger partial charge in [-0.1, -0.05) is 19.9 Å². The van der Waals surface area contributed by atoms with Gasteiger partial charge in [-0.3, -0.25) is 19.2 Å². The van der Waals surface area contributed by atoms with Crippen LogP contribution in [0.1, 0.15) is 33.6 Å². The number of hydrogen-bond donors (Lipinski definition) is 4. The van der Waals surface area contributed by atoms with Gasteiger partial charge in [-0.15, -0.1) is 0 Å². The molecule has 0 bridgehead atoms. The molecule has 170 valence electrons. The summed E-state index contributed by atoms with van der Waals surface area (Å²) in [7, 11) is 1.62. The molecular weight excluding hydrogens is 392 g/mol. The molecule has 10 nitrogen and oxygen atoms in total. The van der Waals surface area contributed by atoms with Crippen molar-refractivity contribution >= 4 is 24.1 Å². The Morgan fingerprint density at radius 1 is 1.30 bits per heavy atom. The number of nitrogens with one attached hydrogen (secondary N) is 2. The summed E-state index contributed by atoms with van der Waals surface area (Å²) in [6, 6.07) is -0.995. The van der Waals surface area contributed by atoms with Gasteiger partial charge in [0.1, 0.15) is 6.04 Å². The fourth-order valence-corrected chi connectivity index (χ4v) is 3.41. The minimum absolute atomic E-state index is 0.0237. The van der Waals surface area contributed by atoms with Crippen molar-refractivity contribution in [2.45, 2.75) is 51.8 Å². The highest BCUT2D eigenvalue weighted by Crippen LogP contribution is 2.21. The normalized spacial score (nSPS) is 18.7. The van der Waals surface area contributed by atoms with Crippen LogP contribution in [0.2, 0.25) is 0 Å². The van der Waals surface area contributed by atoms with Gasteiger partial charge in [0, 0.05) is 25.7 Å². The molecule has 1 heterocycles. The Bertz CT molecular complexity index is 651. The highest BCUT2D eigenvalue weighted by molar-refractivity contribution is 5.97. The molecule has 0 aromatic heterocycles. The summed E-state index contributed by atoms with van der Waals surface area (Å²) < 4.78 is 0. The van der Waals surface area contributed by atoms with Crippen LogP contribution in [0.4, 0.5) is 0 Å². The lowest BCUT2D eigenvalue weighted by atomic mass is 9.99. The third-order valence-corrected chi connectivity index (χ3v) is 5.16. The summed E-state index contributed by atoms with van der Waals surface area (Å²) in [6.45, 7) is 5.28. The summed E-state index contributed by atoms with van der Waals surface area (Å²) in [5.74, 6) is -0.907. The highest BCUT2D eigenvalue weighted by Gasteiger charge is 2.35. The lowest BCUT2D eigenvalue weighted by molar-refractivity contribution is -0.136. The first kappa shape index (κ1) is 25.6. The average Bonchev–Trinajstić information content (AvgIpc) is 3.22. The molecule has 1 fully saturated rings. The monoisotopic (exact) mass is 426 g/mol. The molecule has 0 saturated carbocycles. The van der Waals surface area contributed by atoms with E-state index in [4.69, 9.17) is 5.11 Å². The lowest BCUT2D eigenvalue weighted by Gasteiger charge is -2.30. The first-order valence-electron chi connectivity index (χ1n) is 10.1. The molecule has 1 aliphatic heterocycles. The number of likely N-dealkylation sites (N-methyl/N-ethyl adjacent to an activating group) is 1. The number of carbonyl (C=O) groups is 4. The van der Waals surface area contributed by atoms with Crippen LogP contribution in [0.15, 0.2) is 11.6 Å². The molecule has 3 atom stereocenters. The van der Waals surface area contributed by atoms with E-state index in [1.807, 2.05) is 13.8 Å². The standard InChI is InChI=1S/C20H34N4O6/c1-13(2)17(23(4)18(28)10-21-12-26)8-14(3)20(30)24-7-5-6-16(24)19(29)22-9-15(27)11-25/h8,12-13,15-17,25,27H,5-7,9-11H2,1-4H3,(H,21,26)(H,22,29)/t15?,16-,17+/m0/s1. The Labute approximate surface area is 177 Å². The molecule has 1 unspecified atom stereocenters. The Balaban J connectivity index is 2.89. The average molecular weight is 427 g/mol. The SMILES string of the molecule is CC(=C[C@H](C(C)C)N(C)C(=O)CNC=O)C(=O)N1CCC[C@H]1C(=O)NCC(O)CO. The van der Waals surface area contributed by atoms with E-state index in [1.165, 1.54) is 9.80 Å².